The number of rotatable bonds is 2. The smallest absolute Gasteiger partial charge is 0.254 e. The van der Waals surface area contributed by atoms with Crippen molar-refractivity contribution < 1.29 is 9.59 Å². The summed E-state index contributed by atoms with van der Waals surface area (Å²) in [6.45, 7) is 2.49. The molecule has 2 aliphatic heterocycles. The quantitative estimate of drug-likeness (QED) is 0.479. The second-order valence-electron chi connectivity index (χ2n) is 9.05. The van der Waals surface area contributed by atoms with E-state index in [1.165, 1.54) is 11.9 Å². The van der Waals surface area contributed by atoms with Crippen LogP contribution >= 0.6 is 11.3 Å². The fraction of sp³-hybridized carbons (Fsp3) is 0.308. The Balaban J connectivity index is 1.13. The van der Waals surface area contributed by atoms with E-state index in [1.54, 1.807) is 11.3 Å². The number of hydrogen-bond acceptors (Lipinski definition) is 6. The maximum absolute atomic E-state index is 13.3. The highest BCUT2D eigenvalue weighted by Crippen LogP contribution is 2.37. The van der Waals surface area contributed by atoms with Crippen LogP contribution in [-0.2, 0) is 17.8 Å². The highest BCUT2D eigenvalue weighted by atomic mass is 32.1. The summed E-state index contributed by atoms with van der Waals surface area (Å²) in [6, 6.07) is 13.8. The average Bonchev–Trinajstić information content (AvgIpc) is 3.26. The molecule has 0 saturated carbocycles. The van der Waals surface area contributed by atoms with Crippen LogP contribution < -0.4 is 5.73 Å². The Kier molecular flexibility index (Phi) is 5.17. The maximum Gasteiger partial charge on any atom is 0.254 e. The fourth-order valence-corrected chi connectivity index (χ4v) is 6.52. The van der Waals surface area contributed by atoms with Crippen LogP contribution in [0.25, 0.3) is 21.0 Å². The lowest BCUT2D eigenvalue weighted by Gasteiger charge is -2.35. The first kappa shape index (κ1) is 21.0. The minimum absolute atomic E-state index is 0.0441. The molecule has 2 aromatic heterocycles. The molecule has 2 aromatic carbocycles. The number of benzene rings is 2. The first-order valence-corrected chi connectivity index (χ1v) is 12.5. The number of piperidine rings is 1. The molecule has 1 fully saturated rings. The summed E-state index contributed by atoms with van der Waals surface area (Å²) in [5.74, 6) is 0.719. The number of aromatic nitrogens is 2. The third-order valence-corrected chi connectivity index (χ3v) is 8.25. The molecule has 4 aromatic rings. The second kappa shape index (κ2) is 8.36. The zero-order valence-corrected chi connectivity index (χ0v) is 19.6. The van der Waals surface area contributed by atoms with E-state index >= 15 is 0 Å². The van der Waals surface area contributed by atoms with Crippen LogP contribution in [0.2, 0.25) is 0 Å². The van der Waals surface area contributed by atoms with Crippen molar-refractivity contribution >= 4 is 50.0 Å². The number of nitrogens with zero attached hydrogens (tertiary/aromatic N) is 4. The number of carbonyl (C=O) groups excluding carboxylic acids is 2. The average molecular weight is 472 g/mol. The van der Waals surface area contributed by atoms with Crippen molar-refractivity contribution in [1.82, 2.24) is 19.8 Å². The summed E-state index contributed by atoms with van der Waals surface area (Å²) in [5.41, 5.74) is 8.02. The normalized spacial score (nSPS) is 16.7. The number of amides is 2. The minimum Gasteiger partial charge on any atom is -0.383 e. The molecule has 2 aliphatic rings. The van der Waals surface area contributed by atoms with Crippen molar-refractivity contribution in [3.05, 3.63) is 64.8 Å². The molecular formula is C26H25N5O2S. The lowest BCUT2D eigenvalue weighted by molar-refractivity contribution is -0.137. The van der Waals surface area contributed by atoms with Gasteiger partial charge in [-0.05, 0) is 41.7 Å². The fourth-order valence-electron chi connectivity index (χ4n) is 5.31. The molecular weight excluding hydrogens is 446 g/mol. The number of carbonyl (C=O) groups is 2. The summed E-state index contributed by atoms with van der Waals surface area (Å²) >= 11 is 1.61. The van der Waals surface area contributed by atoms with Crippen molar-refractivity contribution in [3.63, 3.8) is 0 Å². The molecule has 8 heteroatoms. The lowest BCUT2D eigenvalue weighted by atomic mass is 9.93. The number of hydrogen-bond donors (Lipinski definition) is 1. The van der Waals surface area contributed by atoms with Crippen LogP contribution in [0.4, 0.5) is 5.82 Å². The molecule has 0 radical (unpaired) electrons. The van der Waals surface area contributed by atoms with Crippen molar-refractivity contribution in [2.75, 3.05) is 25.4 Å². The van der Waals surface area contributed by atoms with E-state index in [4.69, 9.17) is 5.73 Å². The molecule has 172 valence electrons. The van der Waals surface area contributed by atoms with Gasteiger partial charge in [-0.25, -0.2) is 9.97 Å². The zero-order valence-electron chi connectivity index (χ0n) is 18.7. The van der Waals surface area contributed by atoms with E-state index in [2.05, 4.69) is 9.97 Å². The summed E-state index contributed by atoms with van der Waals surface area (Å²) in [6.07, 6.45) is 3.67. The van der Waals surface area contributed by atoms with Gasteiger partial charge in [0.15, 0.2) is 0 Å². The SMILES string of the molecule is Nc1ncnc2sc3c(c12)CCN(C(=O)C1CCN(C(=O)c2cccc4ccccc24)CC1)C3. The van der Waals surface area contributed by atoms with Crippen LogP contribution in [0.1, 0.15) is 33.6 Å². The van der Waals surface area contributed by atoms with E-state index in [9.17, 15) is 9.59 Å². The molecule has 0 atom stereocenters. The van der Waals surface area contributed by atoms with Gasteiger partial charge in [0.2, 0.25) is 5.91 Å². The Labute approximate surface area is 201 Å². The van der Waals surface area contributed by atoms with Gasteiger partial charge in [0.1, 0.15) is 17.0 Å². The summed E-state index contributed by atoms with van der Waals surface area (Å²) in [5, 5.41) is 3.00. The molecule has 7 nitrogen and oxygen atoms in total. The third kappa shape index (κ3) is 3.49. The van der Waals surface area contributed by atoms with Gasteiger partial charge < -0.3 is 15.5 Å². The van der Waals surface area contributed by atoms with Gasteiger partial charge in [-0.3, -0.25) is 9.59 Å². The van der Waals surface area contributed by atoms with Crippen LogP contribution in [0.15, 0.2) is 48.8 Å². The number of fused-ring (bicyclic) bond motifs is 4. The number of nitrogens with two attached hydrogens (primary N) is 1. The van der Waals surface area contributed by atoms with Gasteiger partial charge in [-0.1, -0.05) is 36.4 Å². The highest BCUT2D eigenvalue weighted by Gasteiger charge is 2.33. The first-order chi connectivity index (χ1) is 16.6. The van der Waals surface area contributed by atoms with E-state index in [-0.39, 0.29) is 17.7 Å². The van der Waals surface area contributed by atoms with Gasteiger partial charge in [0.05, 0.1) is 11.9 Å². The monoisotopic (exact) mass is 471 g/mol. The standard InChI is InChI=1S/C26H25N5O2S/c27-23-22-20-10-13-31(14-21(20)34-24(22)29-15-28-23)25(32)17-8-11-30(12-9-17)26(33)19-7-3-5-16-4-1-2-6-18(16)19/h1-7,15,17H,8-14H2,(H2,27,28,29). The predicted octanol–water partition coefficient (Wildman–Crippen LogP) is 3.86. The molecule has 0 aliphatic carbocycles. The summed E-state index contributed by atoms with van der Waals surface area (Å²) in [4.78, 5) is 41.0. The summed E-state index contributed by atoms with van der Waals surface area (Å²) in [7, 11) is 0. The Bertz CT molecular complexity index is 1420. The van der Waals surface area contributed by atoms with Gasteiger partial charge >= 0.3 is 0 Å². The van der Waals surface area contributed by atoms with Crippen LogP contribution in [0.5, 0.6) is 0 Å². The highest BCUT2D eigenvalue weighted by molar-refractivity contribution is 7.19. The molecule has 0 unspecified atom stereocenters. The summed E-state index contributed by atoms with van der Waals surface area (Å²) < 4.78 is 0. The van der Waals surface area contributed by atoms with Crippen molar-refractivity contribution in [3.8, 4) is 0 Å². The van der Waals surface area contributed by atoms with Gasteiger partial charge in [0.25, 0.3) is 5.91 Å². The van der Waals surface area contributed by atoms with Crippen molar-refractivity contribution in [2.24, 2.45) is 5.92 Å². The second-order valence-corrected chi connectivity index (χ2v) is 10.1. The Morgan fingerprint density at radius 2 is 1.76 bits per heavy atom. The van der Waals surface area contributed by atoms with Gasteiger partial charge in [-0.15, -0.1) is 11.3 Å². The topological polar surface area (TPSA) is 92.4 Å². The Morgan fingerprint density at radius 3 is 2.62 bits per heavy atom. The van der Waals surface area contributed by atoms with Crippen LogP contribution in [0.3, 0.4) is 0 Å². The third-order valence-electron chi connectivity index (χ3n) is 7.13. The van der Waals surface area contributed by atoms with Gasteiger partial charge in [-0.2, -0.15) is 0 Å². The minimum atomic E-state index is -0.0441. The van der Waals surface area contributed by atoms with Crippen molar-refractivity contribution in [1.29, 1.82) is 0 Å². The van der Waals surface area contributed by atoms with E-state index in [0.29, 0.717) is 44.8 Å². The number of nitrogen functional groups attached to an aromatic ring is 1. The molecule has 34 heavy (non-hydrogen) atoms. The van der Waals surface area contributed by atoms with Crippen LogP contribution in [-0.4, -0.2) is 51.2 Å². The molecule has 2 amide bonds. The van der Waals surface area contributed by atoms with E-state index in [0.717, 1.165) is 37.9 Å². The molecule has 0 bridgehead atoms. The molecule has 1 saturated heterocycles. The number of thiophene rings is 1. The Morgan fingerprint density at radius 1 is 0.971 bits per heavy atom. The molecule has 2 N–H and O–H groups in total. The number of anilines is 1. The van der Waals surface area contributed by atoms with Crippen molar-refractivity contribution in [2.45, 2.75) is 25.8 Å². The largest absolute Gasteiger partial charge is 0.383 e. The Hall–Kier alpha value is -3.52. The number of likely N-dealkylation sites (tertiary alicyclic amines) is 1. The molecule has 0 spiro atoms. The van der Waals surface area contributed by atoms with E-state index in [1.807, 2.05) is 52.3 Å². The van der Waals surface area contributed by atoms with Crippen LogP contribution in [0, 0.1) is 5.92 Å². The molecule has 4 heterocycles. The predicted molar refractivity (Wildman–Crippen MR) is 134 cm³/mol. The lowest BCUT2D eigenvalue weighted by Crippen LogP contribution is -2.45. The molecule has 6 rings (SSSR count). The van der Waals surface area contributed by atoms with E-state index < -0.39 is 0 Å². The maximum atomic E-state index is 13.3. The zero-order chi connectivity index (χ0) is 23.2. The van der Waals surface area contributed by atoms with Gasteiger partial charge in [0, 0.05) is 36.0 Å². The first-order valence-electron chi connectivity index (χ1n) is 11.7.